The van der Waals surface area contributed by atoms with Crippen LogP contribution in [0.25, 0.3) is 0 Å². The smallest absolute Gasteiger partial charge is 0.334 e. The molecule has 110 valence electrons. The first-order chi connectivity index (χ1) is 9.04. The molecule has 0 aromatic carbocycles. The first-order valence-corrected chi connectivity index (χ1v) is 6.59. The molecule has 7 heteroatoms. The number of carboxylic acid groups (broad SMARTS) is 1. The number of carboxylic acids is 1. The van der Waals surface area contributed by atoms with Gasteiger partial charge in [-0.2, -0.15) is 0 Å². The minimum atomic E-state index is -1.57. The predicted molar refractivity (Wildman–Crippen MR) is 67.9 cm³/mol. The highest BCUT2D eigenvalue weighted by atomic mass is 16.5. The molecule has 1 saturated heterocycles. The summed E-state index contributed by atoms with van der Waals surface area (Å²) in [5.74, 6) is -1.34. The van der Waals surface area contributed by atoms with Gasteiger partial charge in [-0.3, -0.25) is 0 Å². The van der Waals surface area contributed by atoms with Crippen LogP contribution in [0.15, 0.2) is 0 Å². The zero-order valence-electron chi connectivity index (χ0n) is 11.2. The van der Waals surface area contributed by atoms with Gasteiger partial charge in [0.2, 0.25) is 0 Å². The molecular weight excluding hydrogens is 252 g/mol. The lowest BCUT2D eigenvalue weighted by atomic mass is 10.1. The summed E-state index contributed by atoms with van der Waals surface area (Å²) in [4.78, 5) is 23.8. The van der Waals surface area contributed by atoms with Gasteiger partial charge in [-0.05, 0) is 19.3 Å². The molecule has 19 heavy (non-hydrogen) atoms. The second kappa shape index (κ2) is 7.96. The van der Waals surface area contributed by atoms with E-state index in [1.165, 1.54) is 0 Å². The Kier molecular flexibility index (Phi) is 6.58. The van der Waals surface area contributed by atoms with E-state index in [2.05, 4.69) is 5.32 Å². The lowest BCUT2D eigenvalue weighted by Crippen LogP contribution is -2.49. The van der Waals surface area contributed by atoms with Gasteiger partial charge in [-0.25, -0.2) is 9.59 Å². The molecule has 1 rings (SSSR count). The van der Waals surface area contributed by atoms with E-state index in [9.17, 15) is 9.59 Å². The lowest BCUT2D eigenvalue weighted by molar-refractivity contribution is -0.146. The minimum absolute atomic E-state index is 0.0452. The van der Waals surface area contributed by atoms with E-state index in [0.29, 0.717) is 19.7 Å². The van der Waals surface area contributed by atoms with Gasteiger partial charge in [0.05, 0.1) is 12.6 Å². The van der Waals surface area contributed by atoms with Gasteiger partial charge < -0.3 is 25.2 Å². The van der Waals surface area contributed by atoms with Gasteiger partial charge in [-0.15, -0.1) is 0 Å². The summed E-state index contributed by atoms with van der Waals surface area (Å²) in [5.41, 5.74) is 0. The van der Waals surface area contributed by atoms with Crippen LogP contribution in [0.3, 0.4) is 0 Å². The molecule has 0 spiro atoms. The molecule has 1 heterocycles. The number of nitrogens with zero attached hydrogens (tertiary/aromatic N) is 1. The molecule has 0 aliphatic carbocycles. The number of ether oxygens (including phenoxy) is 1. The van der Waals surface area contributed by atoms with Crippen molar-refractivity contribution < 1.29 is 24.5 Å². The van der Waals surface area contributed by atoms with Crippen molar-refractivity contribution in [2.24, 2.45) is 0 Å². The fourth-order valence-electron chi connectivity index (χ4n) is 1.93. The number of carbonyl (C=O) groups is 2. The maximum absolute atomic E-state index is 11.8. The Balaban J connectivity index is 2.33. The summed E-state index contributed by atoms with van der Waals surface area (Å²) in [6.07, 6.45) is 1.21. The van der Waals surface area contributed by atoms with Crippen LogP contribution in [-0.4, -0.2) is 65.6 Å². The summed E-state index contributed by atoms with van der Waals surface area (Å²) < 4.78 is 5.61. The number of carbonyl (C=O) groups excluding carboxylic acids is 1. The standard InChI is InChI=1S/C12H22N2O5/c1-2-6-19-9-4-3-5-14(8-9)12(18)13-7-10(15)11(16)17/h9-10,15H,2-8H2,1H3,(H,13,18)(H,16,17). The highest BCUT2D eigenvalue weighted by molar-refractivity contribution is 5.76. The topological polar surface area (TPSA) is 99.1 Å². The predicted octanol–water partition coefficient (Wildman–Crippen LogP) is 0.0325. The monoisotopic (exact) mass is 274 g/mol. The number of hydrogen-bond acceptors (Lipinski definition) is 4. The number of amides is 2. The van der Waals surface area contributed by atoms with Crippen LogP contribution in [0.4, 0.5) is 4.79 Å². The maximum atomic E-state index is 11.8. The Morgan fingerprint density at radius 1 is 1.53 bits per heavy atom. The van der Waals surface area contributed by atoms with E-state index >= 15 is 0 Å². The Morgan fingerprint density at radius 3 is 2.89 bits per heavy atom. The largest absolute Gasteiger partial charge is 0.479 e. The molecule has 3 N–H and O–H groups in total. The molecular formula is C12H22N2O5. The lowest BCUT2D eigenvalue weighted by Gasteiger charge is -2.32. The van der Waals surface area contributed by atoms with Crippen molar-refractivity contribution in [2.45, 2.75) is 38.4 Å². The van der Waals surface area contributed by atoms with E-state index in [4.69, 9.17) is 14.9 Å². The number of urea groups is 1. The van der Waals surface area contributed by atoms with Gasteiger partial charge in [0, 0.05) is 19.7 Å². The van der Waals surface area contributed by atoms with Crippen LogP contribution in [0, 0.1) is 0 Å². The molecule has 2 atom stereocenters. The van der Waals surface area contributed by atoms with Crippen LogP contribution in [0.2, 0.25) is 0 Å². The molecule has 0 aromatic heterocycles. The third-order valence-electron chi connectivity index (χ3n) is 2.95. The van der Waals surface area contributed by atoms with Crippen molar-refractivity contribution in [2.75, 3.05) is 26.2 Å². The Bertz CT molecular complexity index is 310. The normalized spacial score (nSPS) is 20.9. The van der Waals surface area contributed by atoms with E-state index < -0.39 is 12.1 Å². The van der Waals surface area contributed by atoms with Crippen LogP contribution < -0.4 is 5.32 Å². The SMILES string of the molecule is CCCOC1CCCN(C(=O)NCC(O)C(=O)O)C1. The summed E-state index contributed by atoms with van der Waals surface area (Å²) in [6, 6.07) is -0.356. The van der Waals surface area contributed by atoms with Gasteiger partial charge in [-0.1, -0.05) is 6.92 Å². The van der Waals surface area contributed by atoms with E-state index in [1.54, 1.807) is 4.90 Å². The second-order valence-corrected chi connectivity index (χ2v) is 4.62. The summed E-state index contributed by atoms with van der Waals surface area (Å²) in [6.45, 7) is 3.56. The average molecular weight is 274 g/mol. The second-order valence-electron chi connectivity index (χ2n) is 4.62. The number of aliphatic hydroxyl groups excluding tert-OH is 1. The van der Waals surface area contributed by atoms with Crippen LogP contribution in [0.1, 0.15) is 26.2 Å². The van der Waals surface area contributed by atoms with Crippen molar-refractivity contribution >= 4 is 12.0 Å². The number of nitrogens with one attached hydrogen (secondary N) is 1. The molecule has 0 saturated carbocycles. The van der Waals surface area contributed by atoms with E-state index in [0.717, 1.165) is 19.3 Å². The number of aliphatic hydroxyl groups is 1. The van der Waals surface area contributed by atoms with Crippen LogP contribution in [0.5, 0.6) is 0 Å². The quantitative estimate of drug-likeness (QED) is 0.635. The maximum Gasteiger partial charge on any atom is 0.334 e. The molecule has 2 unspecified atom stereocenters. The van der Waals surface area contributed by atoms with Gasteiger partial charge >= 0.3 is 12.0 Å². The summed E-state index contributed by atoms with van der Waals surface area (Å²) >= 11 is 0. The molecule has 0 aromatic rings. The van der Waals surface area contributed by atoms with Crippen molar-refractivity contribution in [3.63, 3.8) is 0 Å². The zero-order chi connectivity index (χ0) is 14.3. The fourth-order valence-corrected chi connectivity index (χ4v) is 1.93. The van der Waals surface area contributed by atoms with Crippen molar-refractivity contribution in [3.05, 3.63) is 0 Å². The molecule has 1 aliphatic rings. The summed E-state index contributed by atoms with van der Waals surface area (Å²) in [7, 11) is 0. The fraction of sp³-hybridized carbons (Fsp3) is 0.833. The zero-order valence-corrected chi connectivity index (χ0v) is 11.2. The highest BCUT2D eigenvalue weighted by Gasteiger charge is 2.24. The number of hydrogen-bond donors (Lipinski definition) is 3. The van der Waals surface area contributed by atoms with Crippen LogP contribution >= 0.6 is 0 Å². The number of rotatable bonds is 6. The first-order valence-electron chi connectivity index (χ1n) is 6.59. The number of piperidine rings is 1. The summed E-state index contributed by atoms with van der Waals surface area (Å²) in [5, 5.41) is 20.0. The van der Waals surface area contributed by atoms with Crippen molar-refractivity contribution in [3.8, 4) is 0 Å². The third-order valence-corrected chi connectivity index (χ3v) is 2.95. The Labute approximate surface area is 112 Å². The molecule has 0 radical (unpaired) electrons. The molecule has 7 nitrogen and oxygen atoms in total. The minimum Gasteiger partial charge on any atom is -0.479 e. The Hall–Kier alpha value is -1.34. The van der Waals surface area contributed by atoms with Crippen LogP contribution in [-0.2, 0) is 9.53 Å². The number of likely N-dealkylation sites (tertiary alicyclic amines) is 1. The van der Waals surface area contributed by atoms with Crippen molar-refractivity contribution in [1.82, 2.24) is 10.2 Å². The molecule has 1 fully saturated rings. The average Bonchev–Trinajstić information content (AvgIpc) is 2.42. The van der Waals surface area contributed by atoms with E-state index in [-0.39, 0.29) is 18.7 Å². The van der Waals surface area contributed by atoms with E-state index in [1.807, 2.05) is 6.92 Å². The van der Waals surface area contributed by atoms with Gasteiger partial charge in [0.1, 0.15) is 0 Å². The number of aliphatic carboxylic acids is 1. The Morgan fingerprint density at radius 2 is 2.26 bits per heavy atom. The molecule has 0 bridgehead atoms. The van der Waals surface area contributed by atoms with Gasteiger partial charge in [0.15, 0.2) is 6.10 Å². The third kappa shape index (κ3) is 5.44. The molecule has 1 aliphatic heterocycles. The molecule has 2 amide bonds. The van der Waals surface area contributed by atoms with Crippen molar-refractivity contribution in [1.29, 1.82) is 0 Å². The highest BCUT2D eigenvalue weighted by Crippen LogP contribution is 2.13. The first kappa shape index (κ1) is 15.7. The van der Waals surface area contributed by atoms with Gasteiger partial charge in [0.25, 0.3) is 0 Å².